The summed E-state index contributed by atoms with van der Waals surface area (Å²) < 4.78 is 6.24. The molecule has 1 aromatic rings. The maximum Gasteiger partial charge on any atom is 0.221 e. The summed E-state index contributed by atoms with van der Waals surface area (Å²) in [4.78, 5) is 11.5. The topological polar surface area (TPSA) is 50.4 Å². The van der Waals surface area contributed by atoms with E-state index < -0.39 is 0 Å². The molecule has 104 valence electrons. The highest BCUT2D eigenvalue weighted by Crippen LogP contribution is 2.22. The fourth-order valence-electron chi connectivity index (χ4n) is 1.77. The number of ether oxygens (including phenoxy) is 1. The fourth-order valence-corrected chi connectivity index (χ4v) is 2.15. The van der Waals surface area contributed by atoms with E-state index in [0.29, 0.717) is 25.6 Å². The molecule has 1 amide bonds. The summed E-state index contributed by atoms with van der Waals surface area (Å²) in [5.74, 6) is 0.978. The number of amides is 1. The van der Waals surface area contributed by atoms with Gasteiger partial charge in [-0.25, -0.2) is 0 Å². The van der Waals surface area contributed by atoms with Gasteiger partial charge in [0.15, 0.2) is 0 Å². The van der Waals surface area contributed by atoms with Crippen LogP contribution in [0.1, 0.15) is 24.8 Å². The molecule has 2 N–H and O–H groups in total. The normalized spacial score (nSPS) is 14.2. The Balaban J connectivity index is 1.70. The minimum Gasteiger partial charge on any atom is -0.497 e. The molecule has 0 aromatic heterocycles. The van der Waals surface area contributed by atoms with Crippen LogP contribution >= 0.6 is 15.9 Å². The van der Waals surface area contributed by atoms with Gasteiger partial charge in [-0.1, -0.05) is 15.9 Å². The van der Waals surface area contributed by atoms with Gasteiger partial charge in [0, 0.05) is 30.0 Å². The summed E-state index contributed by atoms with van der Waals surface area (Å²) in [5, 5.41) is 6.25. The van der Waals surface area contributed by atoms with E-state index in [4.69, 9.17) is 4.74 Å². The van der Waals surface area contributed by atoms with E-state index in [1.54, 1.807) is 7.11 Å². The molecule has 1 aliphatic rings. The Bertz CT molecular complexity index is 447. The van der Waals surface area contributed by atoms with Gasteiger partial charge in [0.1, 0.15) is 5.75 Å². The monoisotopic (exact) mass is 326 g/mol. The second-order valence-corrected chi connectivity index (χ2v) is 5.58. The molecule has 0 heterocycles. The van der Waals surface area contributed by atoms with E-state index in [0.717, 1.165) is 28.6 Å². The van der Waals surface area contributed by atoms with E-state index in [1.807, 2.05) is 18.2 Å². The SMILES string of the molecule is COc1ccc(Br)c(CNCCC(=O)NC2CC2)c1. The van der Waals surface area contributed by atoms with Crippen molar-refractivity contribution in [1.82, 2.24) is 10.6 Å². The lowest BCUT2D eigenvalue weighted by atomic mass is 10.2. The standard InChI is InChI=1S/C14H19BrN2O2/c1-19-12-4-5-13(15)10(8-12)9-16-7-6-14(18)17-11-2-3-11/h4-5,8,11,16H,2-3,6-7,9H2,1H3,(H,17,18). The third kappa shape index (κ3) is 4.84. The minimum absolute atomic E-state index is 0.139. The van der Waals surface area contributed by atoms with Crippen molar-refractivity contribution in [1.29, 1.82) is 0 Å². The maximum atomic E-state index is 11.5. The predicted octanol–water partition coefficient (Wildman–Crippen LogP) is 2.22. The molecule has 1 fully saturated rings. The van der Waals surface area contributed by atoms with Crippen LogP contribution < -0.4 is 15.4 Å². The number of carbonyl (C=O) groups is 1. The van der Waals surface area contributed by atoms with Crippen molar-refractivity contribution in [2.75, 3.05) is 13.7 Å². The van der Waals surface area contributed by atoms with Gasteiger partial charge in [-0.05, 0) is 36.6 Å². The Labute approximate surface area is 122 Å². The molecule has 19 heavy (non-hydrogen) atoms. The summed E-state index contributed by atoms with van der Waals surface area (Å²) in [6.07, 6.45) is 2.80. The lowest BCUT2D eigenvalue weighted by molar-refractivity contribution is -0.121. The molecule has 0 unspecified atom stereocenters. The third-order valence-electron chi connectivity index (χ3n) is 3.04. The lowest BCUT2D eigenvalue weighted by Crippen LogP contribution is -2.29. The number of benzene rings is 1. The van der Waals surface area contributed by atoms with Crippen LogP contribution in [-0.2, 0) is 11.3 Å². The van der Waals surface area contributed by atoms with Crippen molar-refractivity contribution in [3.63, 3.8) is 0 Å². The Morgan fingerprint density at radius 1 is 1.47 bits per heavy atom. The van der Waals surface area contributed by atoms with Crippen LogP contribution in [0.15, 0.2) is 22.7 Å². The highest BCUT2D eigenvalue weighted by molar-refractivity contribution is 9.10. The molecule has 5 heteroatoms. The molecule has 0 bridgehead atoms. The second-order valence-electron chi connectivity index (χ2n) is 4.73. The first kappa shape index (κ1) is 14.3. The van der Waals surface area contributed by atoms with Crippen LogP contribution in [0.4, 0.5) is 0 Å². The first-order chi connectivity index (χ1) is 9.19. The van der Waals surface area contributed by atoms with Gasteiger partial charge in [-0.3, -0.25) is 4.79 Å². The number of nitrogens with one attached hydrogen (secondary N) is 2. The van der Waals surface area contributed by atoms with E-state index in [9.17, 15) is 4.79 Å². The zero-order chi connectivity index (χ0) is 13.7. The van der Waals surface area contributed by atoms with E-state index in [2.05, 4.69) is 26.6 Å². The first-order valence-electron chi connectivity index (χ1n) is 6.51. The predicted molar refractivity (Wildman–Crippen MR) is 78.2 cm³/mol. The molecule has 0 saturated heterocycles. The van der Waals surface area contributed by atoms with Crippen LogP contribution in [0.2, 0.25) is 0 Å². The molecule has 0 radical (unpaired) electrons. The van der Waals surface area contributed by atoms with Gasteiger partial charge in [0.25, 0.3) is 0 Å². The third-order valence-corrected chi connectivity index (χ3v) is 3.81. The molecular weight excluding hydrogens is 308 g/mol. The van der Waals surface area contributed by atoms with E-state index >= 15 is 0 Å². The molecule has 0 spiro atoms. The lowest BCUT2D eigenvalue weighted by Gasteiger charge is -2.09. The summed E-state index contributed by atoms with van der Waals surface area (Å²) in [6, 6.07) is 6.31. The molecule has 1 aliphatic carbocycles. The number of hydrogen-bond donors (Lipinski definition) is 2. The van der Waals surface area contributed by atoms with E-state index in [-0.39, 0.29) is 5.91 Å². The van der Waals surface area contributed by atoms with Crippen LogP contribution in [0.25, 0.3) is 0 Å². The number of rotatable bonds is 7. The Hall–Kier alpha value is -1.07. The van der Waals surface area contributed by atoms with Crippen LogP contribution in [0, 0.1) is 0 Å². The van der Waals surface area contributed by atoms with Crippen LogP contribution in [-0.4, -0.2) is 25.6 Å². The Kier molecular flexibility index (Phi) is 5.22. The quantitative estimate of drug-likeness (QED) is 0.755. The van der Waals surface area contributed by atoms with Gasteiger partial charge >= 0.3 is 0 Å². The molecule has 4 nitrogen and oxygen atoms in total. The van der Waals surface area contributed by atoms with Crippen LogP contribution in [0.5, 0.6) is 5.75 Å². The largest absolute Gasteiger partial charge is 0.497 e. The van der Waals surface area contributed by atoms with Crippen molar-refractivity contribution < 1.29 is 9.53 Å². The summed E-state index contributed by atoms with van der Waals surface area (Å²) in [6.45, 7) is 1.40. The molecular formula is C14H19BrN2O2. The van der Waals surface area contributed by atoms with Gasteiger partial charge in [0.05, 0.1) is 7.11 Å². The molecule has 2 rings (SSSR count). The van der Waals surface area contributed by atoms with Crippen molar-refractivity contribution in [2.45, 2.75) is 31.8 Å². The van der Waals surface area contributed by atoms with Crippen molar-refractivity contribution in [2.24, 2.45) is 0 Å². The van der Waals surface area contributed by atoms with Gasteiger partial charge in [-0.2, -0.15) is 0 Å². The van der Waals surface area contributed by atoms with Gasteiger partial charge in [0.2, 0.25) is 5.91 Å². The second kappa shape index (κ2) is 6.91. The molecule has 1 aromatic carbocycles. The zero-order valence-electron chi connectivity index (χ0n) is 11.0. The minimum atomic E-state index is 0.139. The number of carbonyl (C=O) groups excluding carboxylic acids is 1. The van der Waals surface area contributed by atoms with Crippen molar-refractivity contribution in [3.8, 4) is 5.75 Å². The Morgan fingerprint density at radius 2 is 2.26 bits per heavy atom. The average Bonchev–Trinajstić information content (AvgIpc) is 3.20. The average molecular weight is 327 g/mol. The number of halogens is 1. The first-order valence-corrected chi connectivity index (χ1v) is 7.31. The summed E-state index contributed by atoms with van der Waals surface area (Å²) in [7, 11) is 1.66. The van der Waals surface area contributed by atoms with Crippen LogP contribution in [0.3, 0.4) is 0 Å². The van der Waals surface area contributed by atoms with Crippen molar-refractivity contribution in [3.05, 3.63) is 28.2 Å². The highest BCUT2D eigenvalue weighted by Gasteiger charge is 2.22. The molecule has 0 atom stereocenters. The molecule has 0 aliphatic heterocycles. The zero-order valence-corrected chi connectivity index (χ0v) is 12.6. The van der Waals surface area contributed by atoms with E-state index in [1.165, 1.54) is 0 Å². The molecule has 1 saturated carbocycles. The van der Waals surface area contributed by atoms with Crippen molar-refractivity contribution >= 4 is 21.8 Å². The Morgan fingerprint density at radius 3 is 2.95 bits per heavy atom. The number of methoxy groups -OCH3 is 1. The fraction of sp³-hybridized carbons (Fsp3) is 0.500. The van der Waals surface area contributed by atoms with Gasteiger partial charge < -0.3 is 15.4 Å². The van der Waals surface area contributed by atoms with Gasteiger partial charge in [-0.15, -0.1) is 0 Å². The summed E-state index contributed by atoms with van der Waals surface area (Å²) in [5.41, 5.74) is 1.13. The smallest absolute Gasteiger partial charge is 0.221 e. The summed E-state index contributed by atoms with van der Waals surface area (Å²) >= 11 is 3.51. The maximum absolute atomic E-state index is 11.5. The number of hydrogen-bond acceptors (Lipinski definition) is 3. The highest BCUT2D eigenvalue weighted by atomic mass is 79.9.